The van der Waals surface area contributed by atoms with E-state index >= 15 is 0 Å². The third kappa shape index (κ3) is 6.99. The highest BCUT2D eigenvalue weighted by atomic mass is 16.2. The van der Waals surface area contributed by atoms with E-state index in [9.17, 15) is 4.79 Å². The molecule has 0 spiro atoms. The monoisotopic (exact) mass is 454 g/mol. The number of nitrogens with zero attached hydrogens (tertiary/aromatic N) is 3. The molecule has 1 aromatic heterocycles. The van der Waals surface area contributed by atoms with Crippen LogP contribution in [0.3, 0.4) is 0 Å². The Balaban J connectivity index is 1.68. The molecule has 1 aromatic carbocycles. The molecule has 2 aromatic rings. The van der Waals surface area contributed by atoms with Crippen molar-refractivity contribution in [2.24, 2.45) is 10.7 Å². The van der Waals surface area contributed by atoms with Crippen LogP contribution in [-0.2, 0) is 4.79 Å². The summed E-state index contributed by atoms with van der Waals surface area (Å²) in [5, 5.41) is 15.3. The molecule has 1 amide bonds. The number of benzene rings is 1. The highest BCUT2D eigenvalue weighted by molar-refractivity contribution is 5.96. The molecule has 1 aliphatic carbocycles. The minimum absolute atomic E-state index is 0.164. The number of hydrogen-bond donors (Lipinski definition) is 3. The van der Waals surface area contributed by atoms with Crippen LogP contribution < -0.4 is 16.4 Å². The molecule has 34 heavy (non-hydrogen) atoms. The summed E-state index contributed by atoms with van der Waals surface area (Å²) in [5.74, 6) is 0.454. The highest BCUT2D eigenvalue weighted by Crippen LogP contribution is 2.19. The van der Waals surface area contributed by atoms with Gasteiger partial charge >= 0.3 is 0 Å². The zero-order chi connectivity index (χ0) is 24.3. The minimum Gasteiger partial charge on any atom is -0.404 e. The Morgan fingerprint density at radius 1 is 1.26 bits per heavy atom. The molecule has 4 N–H and O–H groups in total. The van der Waals surface area contributed by atoms with Gasteiger partial charge in [0.15, 0.2) is 0 Å². The number of pyridine rings is 1. The Hall–Kier alpha value is -4.02. The maximum atomic E-state index is 13.2. The third-order valence-corrected chi connectivity index (χ3v) is 5.54. The smallest absolute Gasteiger partial charge is 0.247 e. The van der Waals surface area contributed by atoms with Gasteiger partial charge in [-0.2, -0.15) is 5.26 Å². The van der Waals surface area contributed by atoms with Gasteiger partial charge in [0.2, 0.25) is 5.91 Å². The van der Waals surface area contributed by atoms with E-state index in [-0.39, 0.29) is 11.8 Å². The second kappa shape index (κ2) is 12.3. The molecule has 2 atom stereocenters. The number of amides is 1. The number of aliphatic imine (C=N–C) groups is 1. The largest absolute Gasteiger partial charge is 0.404 e. The number of carbonyl (C=O) groups excluding carboxylic acids is 1. The van der Waals surface area contributed by atoms with Crippen molar-refractivity contribution in [1.29, 1.82) is 5.26 Å². The van der Waals surface area contributed by atoms with Crippen LogP contribution >= 0.6 is 0 Å². The average molecular weight is 455 g/mol. The Morgan fingerprint density at radius 2 is 2.06 bits per heavy atom. The molecule has 0 aliphatic heterocycles. The second-order valence-electron chi connectivity index (χ2n) is 8.22. The average Bonchev–Trinajstić information content (AvgIpc) is 2.88. The van der Waals surface area contributed by atoms with Crippen LogP contribution in [0.4, 0.5) is 11.5 Å². The van der Waals surface area contributed by atoms with E-state index in [1.165, 1.54) is 6.20 Å². The predicted molar refractivity (Wildman–Crippen MR) is 137 cm³/mol. The first-order valence-corrected chi connectivity index (χ1v) is 11.3. The van der Waals surface area contributed by atoms with Gasteiger partial charge in [-0.1, -0.05) is 37.3 Å². The fourth-order valence-electron chi connectivity index (χ4n) is 3.46. The van der Waals surface area contributed by atoms with Gasteiger partial charge in [-0.15, -0.1) is 0 Å². The summed E-state index contributed by atoms with van der Waals surface area (Å²) in [6.45, 7) is 4.55. The summed E-state index contributed by atoms with van der Waals surface area (Å²) < 4.78 is 0. The van der Waals surface area contributed by atoms with Crippen molar-refractivity contribution < 1.29 is 4.79 Å². The summed E-state index contributed by atoms with van der Waals surface area (Å²) in [6.07, 6.45) is 12.8. The molecular formula is C27H30N6O. The van der Waals surface area contributed by atoms with Crippen LogP contribution in [0.15, 0.2) is 83.2 Å². The molecule has 0 radical (unpaired) electrons. The quantitative estimate of drug-likeness (QED) is 0.483. The second-order valence-corrected chi connectivity index (χ2v) is 8.22. The van der Waals surface area contributed by atoms with Gasteiger partial charge in [-0.05, 0) is 72.9 Å². The van der Waals surface area contributed by atoms with E-state index in [1.54, 1.807) is 24.5 Å². The number of hydrogen-bond acceptors (Lipinski definition) is 6. The summed E-state index contributed by atoms with van der Waals surface area (Å²) in [7, 11) is 0. The minimum atomic E-state index is -0.505. The van der Waals surface area contributed by atoms with Crippen molar-refractivity contribution in [3.63, 3.8) is 0 Å². The lowest BCUT2D eigenvalue weighted by Crippen LogP contribution is -2.43. The highest BCUT2D eigenvalue weighted by Gasteiger charge is 2.23. The molecule has 2 unspecified atom stereocenters. The van der Waals surface area contributed by atoms with Crippen molar-refractivity contribution in [3.8, 4) is 6.07 Å². The van der Waals surface area contributed by atoms with E-state index in [0.717, 1.165) is 29.6 Å². The molecule has 0 bridgehead atoms. The Morgan fingerprint density at radius 3 is 2.68 bits per heavy atom. The number of aromatic nitrogens is 1. The Kier molecular flexibility index (Phi) is 8.89. The van der Waals surface area contributed by atoms with Gasteiger partial charge in [-0.25, -0.2) is 4.98 Å². The number of nitrogens with one attached hydrogen (secondary N) is 2. The van der Waals surface area contributed by atoms with Crippen LogP contribution in [0.25, 0.3) is 0 Å². The number of allylic oxidation sites excluding steroid dienone is 3. The number of nitrogens with two attached hydrogens (primary N) is 1. The molecule has 1 aliphatic rings. The molecule has 3 rings (SSSR count). The lowest BCUT2D eigenvalue weighted by Gasteiger charge is -2.23. The number of anilines is 1. The number of nitriles is 1. The standard InChI is InChI=1S/C27H30N6O/c1-19(14-28)16-30-24-12-13-25(31-18-24)33-27(34)26(23-6-4-3-5-7-23)32-17-20(2)22-10-8-21(15-29)9-11-22/h4,6-14,16,18,20,26,32H,3,5,17,28H2,1-2H3,(H,31,33,34)/b19-14-,30-16?. The first-order valence-electron chi connectivity index (χ1n) is 11.3. The van der Waals surface area contributed by atoms with Crippen molar-refractivity contribution in [1.82, 2.24) is 10.3 Å². The van der Waals surface area contributed by atoms with Gasteiger partial charge in [0.1, 0.15) is 11.9 Å². The SMILES string of the molecule is C/C(C=Nc1ccc(NC(=O)C(NCC(C)c2ccc(C#N)cc2)C2=CCCC=C2)nc1)=C/N. The molecule has 0 saturated carbocycles. The van der Waals surface area contributed by atoms with Gasteiger partial charge in [0.05, 0.1) is 23.5 Å². The number of carbonyl (C=O) groups is 1. The molecule has 174 valence electrons. The first kappa shape index (κ1) is 24.6. The van der Waals surface area contributed by atoms with Crippen molar-refractivity contribution in [2.45, 2.75) is 38.6 Å². The topological polar surface area (TPSA) is 116 Å². The molecular weight excluding hydrogens is 424 g/mol. The van der Waals surface area contributed by atoms with Crippen molar-refractivity contribution in [3.05, 3.63) is 89.3 Å². The van der Waals surface area contributed by atoms with E-state index in [2.05, 4.69) is 45.8 Å². The zero-order valence-corrected chi connectivity index (χ0v) is 19.5. The normalized spacial score (nSPS) is 15.4. The van der Waals surface area contributed by atoms with Crippen molar-refractivity contribution in [2.75, 3.05) is 11.9 Å². The van der Waals surface area contributed by atoms with Gasteiger partial charge in [-0.3, -0.25) is 9.79 Å². The van der Waals surface area contributed by atoms with E-state index in [4.69, 9.17) is 11.0 Å². The summed E-state index contributed by atoms with van der Waals surface area (Å²) in [4.78, 5) is 21.8. The van der Waals surface area contributed by atoms with Crippen LogP contribution in [-0.4, -0.2) is 29.7 Å². The zero-order valence-electron chi connectivity index (χ0n) is 19.5. The van der Waals surface area contributed by atoms with Crippen LogP contribution in [0.5, 0.6) is 0 Å². The maximum absolute atomic E-state index is 13.2. The molecule has 0 fully saturated rings. The molecule has 7 heteroatoms. The fraction of sp³-hybridized carbons (Fsp3) is 0.259. The summed E-state index contributed by atoms with van der Waals surface area (Å²) in [5.41, 5.74) is 9.65. The Bertz CT molecular complexity index is 1140. The van der Waals surface area contributed by atoms with Crippen LogP contribution in [0, 0.1) is 11.3 Å². The lowest BCUT2D eigenvalue weighted by atomic mass is 9.96. The van der Waals surface area contributed by atoms with Crippen molar-refractivity contribution >= 4 is 23.6 Å². The van der Waals surface area contributed by atoms with E-state index in [1.807, 2.05) is 37.3 Å². The fourth-order valence-corrected chi connectivity index (χ4v) is 3.46. The lowest BCUT2D eigenvalue weighted by molar-refractivity contribution is -0.117. The third-order valence-electron chi connectivity index (χ3n) is 5.54. The van der Waals surface area contributed by atoms with E-state index < -0.39 is 6.04 Å². The van der Waals surface area contributed by atoms with Crippen LogP contribution in [0.1, 0.15) is 43.7 Å². The summed E-state index contributed by atoms with van der Waals surface area (Å²) in [6, 6.07) is 12.7. The first-order chi connectivity index (χ1) is 16.5. The van der Waals surface area contributed by atoms with Gasteiger partial charge in [0.25, 0.3) is 0 Å². The summed E-state index contributed by atoms with van der Waals surface area (Å²) >= 11 is 0. The Labute approximate surface area is 200 Å². The van der Waals surface area contributed by atoms with Crippen LogP contribution in [0.2, 0.25) is 0 Å². The molecule has 0 saturated heterocycles. The van der Waals surface area contributed by atoms with Gasteiger partial charge < -0.3 is 16.4 Å². The number of rotatable bonds is 9. The maximum Gasteiger partial charge on any atom is 0.247 e. The predicted octanol–water partition coefficient (Wildman–Crippen LogP) is 4.49. The van der Waals surface area contributed by atoms with E-state index in [0.29, 0.717) is 23.6 Å². The molecule has 7 nitrogen and oxygen atoms in total. The molecule has 1 heterocycles. The van der Waals surface area contributed by atoms with Gasteiger partial charge in [0, 0.05) is 12.8 Å².